The number of aryl methyl sites for hydroxylation is 1. The monoisotopic (exact) mass is 286 g/mol. The van der Waals surface area contributed by atoms with Gasteiger partial charge in [-0.2, -0.15) is 0 Å². The Bertz CT molecular complexity index is 782. The van der Waals surface area contributed by atoms with Crippen LogP contribution in [0.15, 0.2) is 42.9 Å². The summed E-state index contributed by atoms with van der Waals surface area (Å²) in [5.41, 5.74) is 2.43. The van der Waals surface area contributed by atoms with Crippen LogP contribution in [0.1, 0.15) is 16.2 Å². The van der Waals surface area contributed by atoms with Crippen LogP contribution in [0.3, 0.4) is 0 Å². The number of halogens is 1. The molecular weight excluding hydrogens is 276 g/mol. The van der Waals surface area contributed by atoms with E-state index >= 15 is 0 Å². The quantitative estimate of drug-likeness (QED) is 0.788. The average molecular weight is 287 g/mol. The number of pyridine rings is 2. The molecule has 0 radical (unpaired) electrons. The lowest BCUT2D eigenvalue weighted by Crippen LogP contribution is -2.15. The fourth-order valence-corrected chi connectivity index (χ4v) is 2.20. The summed E-state index contributed by atoms with van der Waals surface area (Å²) in [6.45, 7) is 1.79. The highest BCUT2D eigenvalue weighted by molar-refractivity contribution is 6.30. The third-order valence-electron chi connectivity index (χ3n) is 2.89. The highest BCUT2D eigenvalue weighted by Gasteiger charge is 2.16. The molecule has 0 aliphatic rings. The van der Waals surface area contributed by atoms with Crippen molar-refractivity contribution in [2.24, 2.45) is 0 Å². The summed E-state index contributed by atoms with van der Waals surface area (Å²) in [6.07, 6.45) is 4.91. The molecular formula is C14H11ClN4O. The van der Waals surface area contributed by atoms with Gasteiger partial charge in [0.15, 0.2) is 0 Å². The van der Waals surface area contributed by atoms with Crippen molar-refractivity contribution >= 4 is 28.8 Å². The average Bonchev–Trinajstić information content (AvgIpc) is 2.75. The molecule has 1 N–H and O–H groups in total. The molecule has 3 aromatic heterocycles. The van der Waals surface area contributed by atoms with Crippen molar-refractivity contribution in [2.45, 2.75) is 6.92 Å². The van der Waals surface area contributed by atoms with E-state index in [1.54, 1.807) is 54.2 Å². The lowest BCUT2D eigenvalue weighted by Gasteiger charge is -2.05. The molecule has 0 saturated heterocycles. The van der Waals surface area contributed by atoms with Crippen molar-refractivity contribution in [3.05, 3.63) is 59.3 Å². The van der Waals surface area contributed by atoms with Crippen LogP contribution in [0.4, 0.5) is 5.69 Å². The molecule has 0 aliphatic heterocycles. The number of anilines is 1. The molecule has 0 spiro atoms. The second-order valence-electron chi connectivity index (χ2n) is 4.32. The third-order valence-corrected chi connectivity index (χ3v) is 3.11. The van der Waals surface area contributed by atoms with E-state index in [2.05, 4.69) is 15.3 Å². The van der Waals surface area contributed by atoms with Crippen LogP contribution in [-0.4, -0.2) is 20.3 Å². The van der Waals surface area contributed by atoms with Gasteiger partial charge in [0, 0.05) is 12.4 Å². The summed E-state index contributed by atoms with van der Waals surface area (Å²) in [4.78, 5) is 20.7. The van der Waals surface area contributed by atoms with E-state index in [1.165, 1.54) is 0 Å². The van der Waals surface area contributed by atoms with Crippen molar-refractivity contribution in [1.29, 1.82) is 0 Å². The fourth-order valence-electron chi connectivity index (χ4n) is 2.04. The number of carbonyl (C=O) groups excluding carboxylic acids is 1. The molecule has 0 unspecified atom stereocenters. The van der Waals surface area contributed by atoms with Gasteiger partial charge in [-0.1, -0.05) is 11.6 Å². The predicted molar refractivity (Wildman–Crippen MR) is 77.1 cm³/mol. The summed E-state index contributed by atoms with van der Waals surface area (Å²) in [7, 11) is 0. The van der Waals surface area contributed by atoms with Gasteiger partial charge >= 0.3 is 0 Å². The van der Waals surface area contributed by atoms with Crippen LogP contribution in [-0.2, 0) is 0 Å². The number of nitrogens with one attached hydrogen (secondary N) is 1. The SMILES string of the molecule is Cc1nc2ccc(Cl)cn2c1C(=O)Nc1cccnc1. The highest BCUT2D eigenvalue weighted by Crippen LogP contribution is 2.17. The molecule has 0 aliphatic carbocycles. The minimum absolute atomic E-state index is 0.245. The third kappa shape index (κ3) is 2.23. The summed E-state index contributed by atoms with van der Waals surface area (Å²) >= 11 is 5.97. The highest BCUT2D eigenvalue weighted by atomic mass is 35.5. The number of imidazole rings is 1. The summed E-state index contributed by atoms with van der Waals surface area (Å²) in [5, 5.41) is 3.34. The Hall–Kier alpha value is -2.40. The second-order valence-corrected chi connectivity index (χ2v) is 4.75. The van der Waals surface area contributed by atoms with Gasteiger partial charge in [0.2, 0.25) is 0 Å². The van der Waals surface area contributed by atoms with Crippen LogP contribution in [0.5, 0.6) is 0 Å². The topological polar surface area (TPSA) is 59.3 Å². The lowest BCUT2D eigenvalue weighted by molar-refractivity contribution is 0.102. The van der Waals surface area contributed by atoms with Crippen LogP contribution in [0.2, 0.25) is 5.02 Å². The smallest absolute Gasteiger partial charge is 0.274 e. The number of rotatable bonds is 2. The first-order valence-electron chi connectivity index (χ1n) is 6.01. The predicted octanol–water partition coefficient (Wildman–Crippen LogP) is 2.94. The van der Waals surface area contributed by atoms with Crippen molar-refractivity contribution in [3.63, 3.8) is 0 Å². The number of carbonyl (C=O) groups is 1. The summed E-state index contributed by atoms with van der Waals surface area (Å²) in [6, 6.07) is 7.05. The van der Waals surface area contributed by atoms with Gasteiger partial charge in [0.05, 0.1) is 22.6 Å². The first-order chi connectivity index (χ1) is 9.65. The number of amides is 1. The number of nitrogens with zero attached hydrogens (tertiary/aromatic N) is 3. The Labute approximate surface area is 120 Å². The van der Waals surface area contributed by atoms with Crippen molar-refractivity contribution < 1.29 is 4.79 Å². The maximum Gasteiger partial charge on any atom is 0.274 e. The standard InChI is InChI=1S/C14H11ClN4O/c1-9-13(14(20)18-11-3-2-6-16-7-11)19-8-10(15)4-5-12(19)17-9/h2-8H,1H3,(H,18,20). The maximum absolute atomic E-state index is 12.4. The van der Waals surface area contributed by atoms with Crippen LogP contribution in [0.25, 0.3) is 5.65 Å². The zero-order valence-electron chi connectivity index (χ0n) is 10.7. The molecule has 0 saturated carbocycles. The Morgan fingerprint density at radius 3 is 2.95 bits per heavy atom. The van der Waals surface area contributed by atoms with Gasteiger partial charge < -0.3 is 5.32 Å². The fraction of sp³-hybridized carbons (Fsp3) is 0.0714. The number of hydrogen-bond donors (Lipinski definition) is 1. The molecule has 3 heterocycles. The van der Waals surface area contributed by atoms with E-state index in [9.17, 15) is 4.79 Å². The van der Waals surface area contributed by atoms with Crippen LogP contribution >= 0.6 is 11.6 Å². The van der Waals surface area contributed by atoms with Gasteiger partial charge in [0.25, 0.3) is 5.91 Å². The Morgan fingerprint density at radius 1 is 1.35 bits per heavy atom. The molecule has 0 aromatic carbocycles. The van der Waals surface area contributed by atoms with E-state index in [1.807, 2.05) is 0 Å². The minimum Gasteiger partial charge on any atom is -0.319 e. The van der Waals surface area contributed by atoms with Gasteiger partial charge in [-0.25, -0.2) is 4.98 Å². The Morgan fingerprint density at radius 2 is 2.20 bits per heavy atom. The second kappa shape index (κ2) is 4.94. The van der Waals surface area contributed by atoms with Gasteiger partial charge in [-0.3, -0.25) is 14.2 Å². The molecule has 5 nitrogen and oxygen atoms in total. The number of fused-ring (bicyclic) bond motifs is 1. The maximum atomic E-state index is 12.4. The normalized spacial score (nSPS) is 10.7. The van der Waals surface area contributed by atoms with Crippen molar-refractivity contribution in [2.75, 3.05) is 5.32 Å². The summed E-state index contributed by atoms with van der Waals surface area (Å²) < 4.78 is 1.68. The van der Waals surface area contributed by atoms with Crippen molar-refractivity contribution in [1.82, 2.24) is 14.4 Å². The van der Waals surface area contributed by atoms with Gasteiger partial charge in [-0.15, -0.1) is 0 Å². The molecule has 0 bridgehead atoms. The minimum atomic E-state index is -0.245. The van der Waals surface area contributed by atoms with E-state index in [4.69, 9.17) is 11.6 Å². The Kier molecular flexibility index (Phi) is 3.12. The molecule has 0 fully saturated rings. The molecule has 1 amide bonds. The molecule has 6 heteroatoms. The van der Waals surface area contributed by atoms with Crippen LogP contribution < -0.4 is 5.32 Å². The van der Waals surface area contributed by atoms with Gasteiger partial charge in [0.1, 0.15) is 11.3 Å². The van der Waals surface area contributed by atoms with E-state index in [-0.39, 0.29) is 5.91 Å². The van der Waals surface area contributed by atoms with E-state index < -0.39 is 0 Å². The number of aromatic nitrogens is 3. The molecule has 3 aromatic rings. The van der Waals surface area contributed by atoms with Crippen LogP contribution in [0, 0.1) is 6.92 Å². The first-order valence-corrected chi connectivity index (χ1v) is 6.38. The molecule has 0 atom stereocenters. The Balaban J connectivity index is 2.03. The lowest BCUT2D eigenvalue weighted by atomic mass is 10.3. The molecule has 3 rings (SSSR count). The zero-order valence-corrected chi connectivity index (χ0v) is 11.4. The first kappa shape index (κ1) is 12.6. The van der Waals surface area contributed by atoms with Crippen molar-refractivity contribution in [3.8, 4) is 0 Å². The molecule has 100 valence electrons. The van der Waals surface area contributed by atoms with Gasteiger partial charge in [-0.05, 0) is 31.2 Å². The largest absolute Gasteiger partial charge is 0.319 e. The number of hydrogen-bond acceptors (Lipinski definition) is 3. The molecule has 20 heavy (non-hydrogen) atoms. The van der Waals surface area contributed by atoms with E-state index in [0.29, 0.717) is 27.7 Å². The summed E-state index contributed by atoms with van der Waals surface area (Å²) in [5.74, 6) is -0.245. The van der Waals surface area contributed by atoms with E-state index in [0.717, 1.165) is 0 Å². The zero-order chi connectivity index (χ0) is 14.1.